The molecule has 0 aliphatic carbocycles. The van der Waals surface area contributed by atoms with Crippen molar-refractivity contribution in [1.29, 1.82) is 0 Å². The van der Waals surface area contributed by atoms with Crippen molar-refractivity contribution < 1.29 is 19.1 Å². The molecule has 136 valence electrons. The van der Waals surface area contributed by atoms with Crippen molar-refractivity contribution in [3.05, 3.63) is 57.6 Å². The number of non-ortho nitro benzene ring substituents is 1. The van der Waals surface area contributed by atoms with Gasteiger partial charge in [-0.1, -0.05) is 23.9 Å². The Morgan fingerprint density at radius 2 is 2.23 bits per heavy atom. The molecule has 1 aliphatic heterocycles. The van der Waals surface area contributed by atoms with Crippen LogP contribution in [0.4, 0.5) is 11.4 Å². The van der Waals surface area contributed by atoms with Crippen LogP contribution < -0.4 is 15.2 Å². The van der Waals surface area contributed by atoms with Gasteiger partial charge in [-0.3, -0.25) is 10.1 Å². The molecule has 2 N–H and O–H groups in total. The summed E-state index contributed by atoms with van der Waals surface area (Å²) in [6, 6.07) is 10.2. The molecule has 9 heteroatoms. The number of benzene rings is 2. The molecule has 0 atom stereocenters. The molecule has 1 aliphatic rings. The largest absolute Gasteiger partial charge is 0.494 e. The molecule has 0 saturated carbocycles. The first-order valence-corrected chi connectivity index (χ1v) is 8.67. The fourth-order valence-electron chi connectivity index (χ4n) is 2.52. The first-order valence-electron chi connectivity index (χ1n) is 7.69. The third kappa shape index (κ3) is 4.06. The molecule has 0 saturated heterocycles. The minimum atomic E-state index is -0.435. The highest BCUT2D eigenvalue weighted by atomic mass is 32.2. The molecule has 0 spiro atoms. The fourth-order valence-corrected chi connectivity index (χ4v) is 3.20. The number of aliphatic imine (C=N–C) groups is 1. The van der Waals surface area contributed by atoms with E-state index in [0.29, 0.717) is 39.2 Å². The smallest absolute Gasteiger partial charge is 0.270 e. The molecule has 2 aromatic carbocycles. The summed E-state index contributed by atoms with van der Waals surface area (Å²) in [5, 5.41) is 11.5. The van der Waals surface area contributed by atoms with Crippen LogP contribution in [-0.4, -0.2) is 24.0 Å². The van der Waals surface area contributed by atoms with E-state index in [4.69, 9.17) is 19.9 Å². The van der Waals surface area contributed by atoms with Gasteiger partial charge in [-0.25, -0.2) is 4.99 Å². The summed E-state index contributed by atoms with van der Waals surface area (Å²) in [4.78, 5) is 15.1. The van der Waals surface area contributed by atoms with Crippen molar-refractivity contribution in [2.24, 2.45) is 10.7 Å². The third-order valence-electron chi connectivity index (χ3n) is 3.67. The van der Waals surface area contributed by atoms with Crippen molar-refractivity contribution in [1.82, 2.24) is 0 Å². The number of ether oxygens (including phenoxy) is 3. The highest BCUT2D eigenvalue weighted by Gasteiger charge is 2.21. The number of nitrogens with zero attached hydrogens (tertiary/aromatic N) is 2. The Kier molecular flexibility index (Phi) is 5.59. The van der Waals surface area contributed by atoms with Crippen LogP contribution in [0.3, 0.4) is 0 Å². The van der Waals surface area contributed by atoms with Gasteiger partial charge < -0.3 is 19.9 Å². The van der Waals surface area contributed by atoms with Gasteiger partial charge in [-0.05, 0) is 12.1 Å². The lowest BCUT2D eigenvalue weighted by molar-refractivity contribution is -0.385. The van der Waals surface area contributed by atoms with Crippen LogP contribution in [0.25, 0.3) is 0 Å². The molecule has 3 rings (SSSR count). The number of nitrogens with two attached hydrogens (primary N) is 1. The lowest BCUT2D eigenvalue weighted by atomic mass is 10.1. The average Bonchev–Trinajstić information content (AvgIpc) is 2.66. The number of thioether (sulfide) groups is 1. The van der Waals surface area contributed by atoms with Crippen LogP contribution in [-0.2, 0) is 17.1 Å². The van der Waals surface area contributed by atoms with E-state index in [0.717, 1.165) is 0 Å². The number of nitro benzene ring substituents is 1. The zero-order valence-electron chi connectivity index (χ0n) is 14.0. The summed E-state index contributed by atoms with van der Waals surface area (Å²) in [5.41, 5.74) is 7.95. The fraction of sp³-hybridized carbons (Fsp3) is 0.235. The van der Waals surface area contributed by atoms with E-state index < -0.39 is 4.92 Å². The van der Waals surface area contributed by atoms with Gasteiger partial charge in [-0.15, -0.1) is 0 Å². The molecule has 1 heterocycles. The number of nitro groups is 1. The Morgan fingerprint density at radius 3 is 3.00 bits per heavy atom. The highest BCUT2D eigenvalue weighted by Crippen LogP contribution is 2.35. The quantitative estimate of drug-likeness (QED) is 0.369. The molecule has 0 fully saturated rings. The van der Waals surface area contributed by atoms with E-state index in [1.807, 2.05) is 12.1 Å². The monoisotopic (exact) mass is 375 g/mol. The zero-order chi connectivity index (χ0) is 18.5. The normalized spacial score (nSPS) is 13.7. The molecular formula is C17H17N3O5S. The van der Waals surface area contributed by atoms with Gasteiger partial charge in [0.15, 0.2) is 12.0 Å². The third-order valence-corrected chi connectivity index (χ3v) is 4.52. The minimum absolute atomic E-state index is 0.00584. The Balaban J connectivity index is 1.81. The van der Waals surface area contributed by atoms with Gasteiger partial charge >= 0.3 is 0 Å². The van der Waals surface area contributed by atoms with Gasteiger partial charge in [0.2, 0.25) is 0 Å². The Hall–Kier alpha value is -2.78. The lowest BCUT2D eigenvalue weighted by Crippen LogP contribution is -2.14. The maximum atomic E-state index is 11.1. The van der Waals surface area contributed by atoms with Crippen LogP contribution >= 0.6 is 11.8 Å². The molecule has 2 aromatic rings. The average molecular weight is 375 g/mol. The molecule has 8 nitrogen and oxygen atoms in total. The van der Waals surface area contributed by atoms with E-state index in [9.17, 15) is 10.1 Å². The van der Waals surface area contributed by atoms with Gasteiger partial charge in [0.25, 0.3) is 5.69 Å². The minimum Gasteiger partial charge on any atom is -0.494 e. The Morgan fingerprint density at radius 1 is 1.42 bits per heavy atom. The van der Waals surface area contributed by atoms with Gasteiger partial charge in [0, 0.05) is 29.0 Å². The molecule has 0 aromatic heterocycles. The topological polar surface area (TPSA) is 109 Å². The van der Waals surface area contributed by atoms with E-state index in [1.165, 1.54) is 23.9 Å². The summed E-state index contributed by atoms with van der Waals surface area (Å²) in [6.07, 6.45) is 0. The second-order valence-corrected chi connectivity index (χ2v) is 6.37. The lowest BCUT2D eigenvalue weighted by Gasteiger charge is -2.20. The van der Waals surface area contributed by atoms with Gasteiger partial charge in [-0.2, -0.15) is 0 Å². The first kappa shape index (κ1) is 18.0. The number of fused-ring (bicyclic) bond motifs is 1. The predicted molar refractivity (Wildman–Crippen MR) is 99.0 cm³/mol. The second-order valence-electron chi connectivity index (χ2n) is 5.37. The van der Waals surface area contributed by atoms with Crippen molar-refractivity contribution in [3.63, 3.8) is 0 Å². The molecule has 0 amide bonds. The SMILES string of the molecule is COc1ccccc1N=C(N)SCc1cc([N+](=O)[O-])cc2c1OCOC2. The number of hydrogen-bond acceptors (Lipinski definition) is 7. The molecule has 0 unspecified atom stereocenters. The van der Waals surface area contributed by atoms with E-state index in [2.05, 4.69) is 4.99 Å². The molecule has 26 heavy (non-hydrogen) atoms. The van der Waals surface area contributed by atoms with Gasteiger partial charge in [0.1, 0.15) is 17.2 Å². The molecular weight excluding hydrogens is 358 g/mol. The summed E-state index contributed by atoms with van der Waals surface area (Å²) in [5.74, 6) is 1.61. The summed E-state index contributed by atoms with van der Waals surface area (Å²) in [7, 11) is 1.56. The van der Waals surface area contributed by atoms with Crippen molar-refractivity contribution in [2.45, 2.75) is 12.4 Å². The molecule has 0 radical (unpaired) electrons. The highest BCUT2D eigenvalue weighted by molar-refractivity contribution is 8.13. The first-order chi connectivity index (χ1) is 12.6. The van der Waals surface area contributed by atoms with Crippen LogP contribution in [0.1, 0.15) is 11.1 Å². The maximum Gasteiger partial charge on any atom is 0.270 e. The Bertz CT molecular complexity index is 856. The predicted octanol–water partition coefficient (Wildman–Crippen LogP) is 3.35. The number of hydrogen-bond donors (Lipinski definition) is 1. The van der Waals surface area contributed by atoms with E-state index >= 15 is 0 Å². The number of methoxy groups -OCH3 is 1. The summed E-state index contributed by atoms with van der Waals surface area (Å²) >= 11 is 1.27. The van der Waals surface area contributed by atoms with Gasteiger partial charge in [0.05, 0.1) is 18.6 Å². The molecule has 0 bridgehead atoms. The van der Waals surface area contributed by atoms with Crippen LogP contribution in [0.2, 0.25) is 0 Å². The van der Waals surface area contributed by atoms with E-state index in [1.54, 1.807) is 19.2 Å². The number of amidine groups is 1. The zero-order valence-corrected chi connectivity index (χ0v) is 14.8. The van der Waals surface area contributed by atoms with Crippen LogP contribution in [0, 0.1) is 10.1 Å². The number of para-hydroxylation sites is 2. The van der Waals surface area contributed by atoms with Crippen LogP contribution in [0.15, 0.2) is 41.4 Å². The summed E-state index contributed by atoms with van der Waals surface area (Å²) < 4.78 is 16.0. The van der Waals surface area contributed by atoms with Crippen molar-refractivity contribution in [2.75, 3.05) is 13.9 Å². The van der Waals surface area contributed by atoms with E-state index in [-0.39, 0.29) is 19.1 Å². The number of rotatable bonds is 5. The van der Waals surface area contributed by atoms with Crippen molar-refractivity contribution in [3.8, 4) is 11.5 Å². The second kappa shape index (κ2) is 8.07. The van der Waals surface area contributed by atoms with Crippen LogP contribution in [0.5, 0.6) is 11.5 Å². The summed E-state index contributed by atoms with van der Waals surface area (Å²) in [6.45, 7) is 0.396. The maximum absolute atomic E-state index is 11.1. The standard InChI is InChI=1S/C17H17N3O5S/c1-23-15-5-3-2-4-14(15)19-17(18)26-9-12-7-13(20(21)22)6-11-8-24-10-25-16(11)12/h2-7H,8-10H2,1H3,(H2,18,19). The van der Waals surface area contributed by atoms with Crippen molar-refractivity contribution >= 4 is 28.3 Å². The Labute approximate surface area is 154 Å².